The van der Waals surface area contributed by atoms with Crippen LogP contribution in [0.25, 0.3) is 0 Å². The second kappa shape index (κ2) is 9.68. The average Bonchev–Trinajstić information content (AvgIpc) is 2.66. The Morgan fingerprint density at radius 1 is 1.00 bits per heavy atom. The number of para-hydroxylation sites is 2. The van der Waals surface area contributed by atoms with Crippen LogP contribution in [-0.2, 0) is 11.3 Å². The van der Waals surface area contributed by atoms with E-state index in [4.69, 9.17) is 18.9 Å². The lowest BCUT2D eigenvalue weighted by Crippen LogP contribution is -2.35. The molecule has 1 amide bonds. The van der Waals surface area contributed by atoms with Crippen molar-refractivity contribution < 1.29 is 23.7 Å². The van der Waals surface area contributed by atoms with E-state index in [1.54, 1.807) is 39.5 Å². The Hall–Kier alpha value is -2.73. The Bertz CT molecular complexity index is 732. The first-order chi connectivity index (χ1) is 12.6. The van der Waals surface area contributed by atoms with Gasteiger partial charge in [0.25, 0.3) is 5.91 Å². The predicted molar refractivity (Wildman–Crippen MR) is 99.1 cm³/mol. The third-order valence-corrected chi connectivity index (χ3v) is 3.79. The van der Waals surface area contributed by atoms with Crippen molar-refractivity contribution in [2.24, 2.45) is 0 Å². The topological polar surface area (TPSA) is 66.0 Å². The number of carbonyl (C=O) groups is 1. The monoisotopic (exact) mass is 359 g/mol. The molecule has 0 bridgehead atoms. The molecule has 1 unspecified atom stereocenters. The van der Waals surface area contributed by atoms with Crippen LogP contribution >= 0.6 is 0 Å². The Labute approximate surface area is 154 Å². The van der Waals surface area contributed by atoms with E-state index in [-0.39, 0.29) is 18.6 Å². The third kappa shape index (κ3) is 5.13. The van der Waals surface area contributed by atoms with Crippen LogP contribution in [0.4, 0.5) is 0 Å². The average molecular weight is 359 g/mol. The smallest absolute Gasteiger partial charge is 0.251 e. The molecule has 0 spiro atoms. The van der Waals surface area contributed by atoms with Crippen molar-refractivity contribution >= 4 is 5.91 Å². The van der Waals surface area contributed by atoms with E-state index in [9.17, 15) is 4.79 Å². The summed E-state index contributed by atoms with van der Waals surface area (Å²) < 4.78 is 21.6. The summed E-state index contributed by atoms with van der Waals surface area (Å²) in [6.07, 6.45) is 0. The minimum Gasteiger partial charge on any atom is -0.496 e. The molecule has 2 aromatic carbocycles. The fourth-order valence-electron chi connectivity index (χ4n) is 2.52. The second-order valence-electron chi connectivity index (χ2n) is 5.80. The minimum absolute atomic E-state index is 0.0807. The fourth-order valence-corrected chi connectivity index (χ4v) is 2.52. The van der Waals surface area contributed by atoms with Crippen LogP contribution in [0.15, 0.2) is 42.5 Å². The van der Waals surface area contributed by atoms with Crippen molar-refractivity contribution in [3.8, 4) is 17.2 Å². The normalized spacial score (nSPS) is 11.5. The maximum Gasteiger partial charge on any atom is 0.251 e. The number of hydrogen-bond acceptors (Lipinski definition) is 5. The largest absolute Gasteiger partial charge is 0.496 e. The van der Waals surface area contributed by atoms with Gasteiger partial charge in [-0.3, -0.25) is 4.79 Å². The molecule has 6 heteroatoms. The highest BCUT2D eigenvalue weighted by Gasteiger charge is 2.14. The van der Waals surface area contributed by atoms with Gasteiger partial charge < -0.3 is 24.3 Å². The molecule has 0 aromatic heterocycles. The van der Waals surface area contributed by atoms with Gasteiger partial charge in [0, 0.05) is 24.3 Å². The highest BCUT2D eigenvalue weighted by molar-refractivity contribution is 5.94. The number of hydrogen-bond donors (Lipinski definition) is 1. The summed E-state index contributed by atoms with van der Waals surface area (Å²) in [7, 11) is 4.78. The van der Waals surface area contributed by atoms with E-state index in [1.165, 1.54) is 0 Å². The first kappa shape index (κ1) is 19.6. The van der Waals surface area contributed by atoms with Gasteiger partial charge in [0.15, 0.2) is 11.5 Å². The number of benzene rings is 2. The van der Waals surface area contributed by atoms with E-state index in [0.717, 1.165) is 5.56 Å². The first-order valence-corrected chi connectivity index (χ1v) is 8.31. The SMILES string of the molecule is COCC(C)NC(=O)c1ccc(OC)c(COc2ccccc2OC)c1. The van der Waals surface area contributed by atoms with Crippen molar-refractivity contribution in [1.29, 1.82) is 0 Å². The van der Waals surface area contributed by atoms with Crippen LogP contribution < -0.4 is 19.5 Å². The maximum atomic E-state index is 12.4. The summed E-state index contributed by atoms with van der Waals surface area (Å²) in [6.45, 7) is 2.58. The van der Waals surface area contributed by atoms with Gasteiger partial charge in [-0.1, -0.05) is 12.1 Å². The highest BCUT2D eigenvalue weighted by atomic mass is 16.5. The highest BCUT2D eigenvalue weighted by Crippen LogP contribution is 2.28. The Morgan fingerprint density at radius 2 is 1.69 bits per heavy atom. The van der Waals surface area contributed by atoms with Gasteiger partial charge in [0.1, 0.15) is 12.4 Å². The van der Waals surface area contributed by atoms with Crippen molar-refractivity contribution in [3.63, 3.8) is 0 Å². The zero-order chi connectivity index (χ0) is 18.9. The molecule has 0 aliphatic heterocycles. The standard InChI is InChI=1S/C20H25NO5/c1-14(12-23-2)21-20(22)15-9-10-17(24-3)16(11-15)13-26-19-8-6-5-7-18(19)25-4/h5-11,14H,12-13H2,1-4H3,(H,21,22). The molecule has 0 heterocycles. The van der Waals surface area contributed by atoms with E-state index in [0.29, 0.717) is 29.4 Å². The van der Waals surface area contributed by atoms with Gasteiger partial charge in [-0.15, -0.1) is 0 Å². The summed E-state index contributed by atoms with van der Waals surface area (Å²) in [4.78, 5) is 12.4. The zero-order valence-corrected chi connectivity index (χ0v) is 15.6. The molecule has 26 heavy (non-hydrogen) atoms. The van der Waals surface area contributed by atoms with Crippen LogP contribution in [0, 0.1) is 0 Å². The number of amides is 1. The van der Waals surface area contributed by atoms with E-state index in [2.05, 4.69) is 5.32 Å². The van der Waals surface area contributed by atoms with Crippen LogP contribution in [0.3, 0.4) is 0 Å². The van der Waals surface area contributed by atoms with Gasteiger partial charge in [0.05, 0.1) is 20.8 Å². The summed E-state index contributed by atoms with van der Waals surface area (Å²) in [5.41, 5.74) is 1.30. The van der Waals surface area contributed by atoms with E-state index in [1.807, 2.05) is 31.2 Å². The molecule has 1 N–H and O–H groups in total. The van der Waals surface area contributed by atoms with Crippen LogP contribution in [0.1, 0.15) is 22.8 Å². The van der Waals surface area contributed by atoms with Crippen molar-refractivity contribution in [1.82, 2.24) is 5.32 Å². The predicted octanol–water partition coefficient (Wildman–Crippen LogP) is 3.05. The van der Waals surface area contributed by atoms with Crippen molar-refractivity contribution in [3.05, 3.63) is 53.6 Å². The molecule has 0 fully saturated rings. The number of rotatable bonds is 9. The maximum absolute atomic E-state index is 12.4. The van der Waals surface area contributed by atoms with Crippen molar-refractivity contribution in [2.45, 2.75) is 19.6 Å². The van der Waals surface area contributed by atoms with Gasteiger partial charge in [-0.25, -0.2) is 0 Å². The quantitative estimate of drug-likeness (QED) is 0.745. The van der Waals surface area contributed by atoms with Crippen LogP contribution in [0.5, 0.6) is 17.2 Å². The Balaban J connectivity index is 2.15. The molecule has 2 rings (SSSR count). The lowest BCUT2D eigenvalue weighted by Gasteiger charge is -2.15. The van der Waals surface area contributed by atoms with Gasteiger partial charge >= 0.3 is 0 Å². The van der Waals surface area contributed by atoms with E-state index < -0.39 is 0 Å². The molecule has 1 atom stereocenters. The zero-order valence-electron chi connectivity index (χ0n) is 15.6. The summed E-state index contributed by atoms with van der Waals surface area (Å²) in [6, 6.07) is 12.6. The fraction of sp³-hybridized carbons (Fsp3) is 0.350. The second-order valence-corrected chi connectivity index (χ2v) is 5.80. The van der Waals surface area contributed by atoms with E-state index >= 15 is 0 Å². The van der Waals surface area contributed by atoms with Crippen LogP contribution in [0.2, 0.25) is 0 Å². The lowest BCUT2D eigenvalue weighted by atomic mass is 10.1. The van der Waals surface area contributed by atoms with Gasteiger partial charge in [-0.05, 0) is 37.3 Å². The molecule has 0 saturated carbocycles. The molecule has 140 valence electrons. The molecule has 0 saturated heterocycles. The molecule has 6 nitrogen and oxygen atoms in total. The number of methoxy groups -OCH3 is 3. The van der Waals surface area contributed by atoms with Crippen molar-refractivity contribution in [2.75, 3.05) is 27.9 Å². The lowest BCUT2D eigenvalue weighted by molar-refractivity contribution is 0.0905. The van der Waals surface area contributed by atoms with Gasteiger partial charge in [-0.2, -0.15) is 0 Å². The Kier molecular flexibility index (Phi) is 7.29. The number of ether oxygens (including phenoxy) is 4. The number of nitrogens with one attached hydrogen (secondary N) is 1. The van der Waals surface area contributed by atoms with Crippen LogP contribution in [-0.4, -0.2) is 39.9 Å². The molecule has 0 aliphatic rings. The minimum atomic E-state index is -0.171. The molecular formula is C20H25NO5. The molecule has 0 radical (unpaired) electrons. The van der Waals surface area contributed by atoms with Gasteiger partial charge in [0.2, 0.25) is 0 Å². The third-order valence-electron chi connectivity index (χ3n) is 3.79. The molecule has 0 aliphatic carbocycles. The summed E-state index contributed by atoms with van der Waals surface area (Å²) in [5.74, 6) is 1.76. The summed E-state index contributed by atoms with van der Waals surface area (Å²) >= 11 is 0. The first-order valence-electron chi connectivity index (χ1n) is 8.31. The Morgan fingerprint density at radius 3 is 2.35 bits per heavy atom. The summed E-state index contributed by atoms with van der Waals surface area (Å²) in [5, 5.41) is 2.89. The number of carbonyl (C=O) groups excluding carboxylic acids is 1. The molecule has 2 aromatic rings. The molecular weight excluding hydrogens is 334 g/mol.